The maximum atomic E-state index is 6.20. The van der Waals surface area contributed by atoms with Gasteiger partial charge in [-0.1, -0.05) is 41.4 Å². The molecule has 27 heavy (non-hydrogen) atoms. The molecule has 6 heteroatoms. The Bertz CT molecular complexity index is 701. The summed E-state index contributed by atoms with van der Waals surface area (Å²) in [6.45, 7) is 7.13. The highest BCUT2D eigenvalue weighted by molar-refractivity contribution is 6.35. The van der Waals surface area contributed by atoms with Crippen molar-refractivity contribution in [2.75, 3.05) is 39.4 Å². The van der Waals surface area contributed by atoms with Crippen LogP contribution in [0, 0.1) is 0 Å². The van der Waals surface area contributed by atoms with Crippen molar-refractivity contribution in [1.82, 2.24) is 10.2 Å². The molecule has 2 aromatic rings. The molecule has 1 aliphatic heterocycles. The first kappa shape index (κ1) is 20.4. The van der Waals surface area contributed by atoms with Crippen LogP contribution in [-0.2, 0) is 17.9 Å². The maximum absolute atomic E-state index is 6.20. The first-order chi connectivity index (χ1) is 13.2. The number of benzene rings is 2. The largest absolute Gasteiger partial charge is 0.489 e. The molecule has 1 heterocycles. The molecule has 146 valence electrons. The van der Waals surface area contributed by atoms with Crippen molar-refractivity contribution >= 4 is 23.2 Å². The van der Waals surface area contributed by atoms with E-state index in [9.17, 15) is 0 Å². The molecular formula is C21H26Cl2N2O2. The molecule has 4 nitrogen and oxygen atoms in total. The lowest BCUT2D eigenvalue weighted by molar-refractivity contribution is 0.0374. The van der Waals surface area contributed by atoms with Crippen LogP contribution >= 0.6 is 23.2 Å². The molecule has 1 N–H and O–H groups in total. The van der Waals surface area contributed by atoms with E-state index in [1.54, 1.807) is 0 Å². The topological polar surface area (TPSA) is 33.7 Å². The van der Waals surface area contributed by atoms with Crippen LogP contribution in [0.1, 0.15) is 17.5 Å². The van der Waals surface area contributed by atoms with Crippen molar-refractivity contribution in [1.29, 1.82) is 0 Å². The molecule has 0 atom stereocenters. The second kappa shape index (κ2) is 10.9. The first-order valence-corrected chi connectivity index (χ1v) is 10.1. The maximum Gasteiger partial charge on any atom is 0.120 e. The smallest absolute Gasteiger partial charge is 0.120 e. The molecule has 0 saturated carbocycles. The number of ether oxygens (including phenoxy) is 2. The van der Waals surface area contributed by atoms with Gasteiger partial charge in [0.05, 0.1) is 13.2 Å². The number of nitrogens with zero attached hydrogens (tertiary/aromatic N) is 1. The summed E-state index contributed by atoms with van der Waals surface area (Å²) >= 11 is 12.4. The van der Waals surface area contributed by atoms with Gasteiger partial charge in [0, 0.05) is 35.2 Å². The van der Waals surface area contributed by atoms with Gasteiger partial charge in [-0.25, -0.2) is 0 Å². The third-order valence-corrected chi connectivity index (χ3v) is 5.31. The summed E-state index contributed by atoms with van der Waals surface area (Å²) in [5.74, 6) is 0.818. The van der Waals surface area contributed by atoms with Gasteiger partial charge in [-0.2, -0.15) is 0 Å². The highest BCUT2D eigenvalue weighted by Gasteiger charge is 2.09. The van der Waals surface area contributed by atoms with Crippen LogP contribution in [0.4, 0.5) is 0 Å². The lowest BCUT2D eigenvalue weighted by Gasteiger charge is -2.26. The standard InChI is InChI=1S/C21H26Cl2N2O2/c22-20-6-2-7-21(23)19(20)16-27-18-5-1-4-17(14-18)15-24-8-3-9-25-10-12-26-13-11-25/h1-2,4-7,14,24H,3,8-13,15-16H2. The van der Waals surface area contributed by atoms with Crippen LogP contribution in [0.2, 0.25) is 10.0 Å². The van der Waals surface area contributed by atoms with Crippen molar-refractivity contribution < 1.29 is 9.47 Å². The minimum atomic E-state index is 0.356. The van der Waals surface area contributed by atoms with E-state index in [1.807, 2.05) is 30.3 Å². The molecule has 1 aliphatic rings. The number of morpholine rings is 1. The summed E-state index contributed by atoms with van der Waals surface area (Å²) in [5.41, 5.74) is 2.01. The van der Waals surface area contributed by atoms with E-state index in [2.05, 4.69) is 22.3 Å². The molecule has 0 aromatic heterocycles. The van der Waals surface area contributed by atoms with E-state index in [0.29, 0.717) is 16.7 Å². The second-order valence-corrected chi connectivity index (χ2v) is 7.44. The van der Waals surface area contributed by atoms with E-state index >= 15 is 0 Å². The fourth-order valence-corrected chi connectivity index (χ4v) is 3.56. The molecule has 3 rings (SSSR count). The van der Waals surface area contributed by atoms with Crippen molar-refractivity contribution in [3.63, 3.8) is 0 Å². The molecular weight excluding hydrogens is 383 g/mol. The molecule has 0 bridgehead atoms. The van der Waals surface area contributed by atoms with Crippen molar-refractivity contribution in [2.24, 2.45) is 0 Å². The zero-order valence-electron chi connectivity index (χ0n) is 15.4. The summed E-state index contributed by atoms with van der Waals surface area (Å²) in [4.78, 5) is 2.46. The molecule has 0 radical (unpaired) electrons. The number of nitrogens with one attached hydrogen (secondary N) is 1. The van der Waals surface area contributed by atoms with Crippen LogP contribution in [0.3, 0.4) is 0 Å². The Morgan fingerprint density at radius 3 is 2.56 bits per heavy atom. The van der Waals surface area contributed by atoms with Gasteiger partial charge in [0.2, 0.25) is 0 Å². The van der Waals surface area contributed by atoms with Crippen LogP contribution in [0.15, 0.2) is 42.5 Å². The quantitative estimate of drug-likeness (QED) is 0.623. The zero-order chi connectivity index (χ0) is 18.9. The zero-order valence-corrected chi connectivity index (χ0v) is 16.9. The highest BCUT2D eigenvalue weighted by atomic mass is 35.5. The van der Waals surface area contributed by atoms with Gasteiger partial charge in [0.1, 0.15) is 12.4 Å². The normalized spacial score (nSPS) is 15.0. The van der Waals surface area contributed by atoms with E-state index in [0.717, 1.165) is 63.7 Å². The molecule has 0 aliphatic carbocycles. The fourth-order valence-electron chi connectivity index (χ4n) is 3.06. The molecule has 1 fully saturated rings. The number of hydrogen-bond donors (Lipinski definition) is 1. The second-order valence-electron chi connectivity index (χ2n) is 6.62. The minimum Gasteiger partial charge on any atom is -0.489 e. The predicted octanol–water partition coefficient (Wildman–Crippen LogP) is 4.38. The Morgan fingerprint density at radius 1 is 1.04 bits per heavy atom. The predicted molar refractivity (Wildman–Crippen MR) is 111 cm³/mol. The van der Waals surface area contributed by atoms with E-state index in [4.69, 9.17) is 32.7 Å². The van der Waals surface area contributed by atoms with Crippen LogP contribution in [0.25, 0.3) is 0 Å². The lowest BCUT2D eigenvalue weighted by atomic mass is 10.2. The van der Waals surface area contributed by atoms with Gasteiger partial charge in [-0.3, -0.25) is 4.90 Å². The summed E-state index contributed by atoms with van der Waals surface area (Å²) in [5, 5.41) is 4.76. The first-order valence-electron chi connectivity index (χ1n) is 9.38. The van der Waals surface area contributed by atoms with Crippen LogP contribution in [-0.4, -0.2) is 44.3 Å². The fraction of sp³-hybridized carbons (Fsp3) is 0.429. The van der Waals surface area contributed by atoms with Gasteiger partial charge >= 0.3 is 0 Å². The van der Waals surface area contributed by atoms with E-state index < -0.39 is 0 Å². The third kappa shape index (κ3) is 6.66. The van der Waals surface area contributed by atoms with Gasteiger partial charge in [0.15, 0.2) is 0 Å². The SMILES string of the molecule is Clc1cccc(Cl)c1COc1cccc(CNCCCN2CCOCC2)c1. The Hall–Kier alpha value is -1.30. The monoisotopic (exact) mass is 408 g/mol. The van der Waals surface area contributed by atoms with Gasteiger partial charge in [-0.15, -0.1) is 0 Å². The molecule has 0 spiro atoms. The van der Waals surface area contributed by atoms with Crippen molar-refractivity contribution in [2.45, 2.75) is 19.6 Å². The summed E-state index contributed by atoms with van der Waals surface area (Å²) in [6, 6.07) is 13.6. The number of halogens is 2. The molecule has 1 saturated heterocycles. The van der Waals surface area contributed by atoms with Crippen molar-refractivity contribution in [3.05, 3.63) is 63.6 Å². The van der Waals surface area contributed by atoms with Gasteiger partial charge in [0.25, 0.3) is 0 Å². The summed E-state index contributed by atoms with van der Waals surface area (Å²) in [7, 11) is 0. The number of rotatable bonds is 9. The lowest BCUT2D eigenvalue weighted by Crippen LogP contribution is -2.37. The highest BCUT2D eigenvalue weighted by Crippen LogP contribution is 2.26. The van der Waals surface area contributed by atoms with E-state index in [1.165, 1.54) is 5.56 Å². The van der Waals surface area contributed by atoms with Crippen LogP contribution in [0.5, 0.6) is 5.75 Å². The number of hydrogen-bond acceptors (Lipinski definition) is 4. The van der Waals surface area contributed by atoms with Crippen molar-refractivity contribution in [3.8, 4) is 5.75 Å². The Balaban J connectivity index is 1.40. The summed E-state index contributed by atoms with van der Waals surface area (Å²) < 4.78 is 11.3. The molecule has 0 amide bonds. The van der Waals surface area contributed by atoms with Gasteiger partial charge in [-0.05, 0) is 49.3 Å². The van der Waals surface area contributed by atoms with Crippen LogP contribution < -0.4 is 10.1 Å². The Labute approximate surface area is 171 Å². The third-order valence-electron chi connectivity index (χ3n) is 4.60. The van der Waals surface area contributed by atoms with E-state index in [-0.39, 0.29) is 0 Å². The Kier molecular flexibility index (Phi) is 8.24. The van der Waals surface area contributed by atoms with Gasteiger partial charge < -0.3 is 14.8 Å². The Morgan fingerprint density at radius 2 is 1.78 bits per heavy atom. The average molecular weight is 409 g/mol. The molecule has 2 aromatic carbocycles. The minimum absolute atomic E-state index is 0.356. The average Bonchev–Trinajstić information content (AvgIpc) is 2.68. The molecule has 0 unspecified atom stereocenters. The summed E-state index contributed by atoms with van der Waals surface area (Å²) in [6.07, 6.45) is 1.14.